The summed E-state index contributed by atoms with van der Waals surface area (Å²) in [5.41, 5.74) is 6.40. The highest BCUT2D eigenvalue weighted by Gasteiger charge is 2.23. The van der Waals surface area contributed by atoms with Crippen LogP contribution in [0.2, 0.25) is 0 Å². The van der Waals surface area contributed by atoms with Crippen LogP contribution in [-0.4, -0.2) is 38.7 Å². The van der Waals surface area contributed by atoms with Gasteiger partial charge in [0.1, 0.15) is 5.82 Å². The number of ether oxygens (including phenoxy) is 1. The Labute approximate surface area is 95.2 Å². The molecule has 0 fully saturated rings. The van der Waals surface area contributed by atoms with Gasteiger partial charge in [-0.25, -0.2) is 4.98 Å². The van der Waals surface area contributed by atoms with E-state index in [4.69, 9.17) is 10.5 Å². The lowest BCUT2D eigenvalue weighted by Crippen LogP contribution is -2.25. The van der Waals surface area contributed by atoms with E-state index in [9.17, 15) is 4.79 Å². The zero-order valence-corrected chi connectivity index (χ0v) is 9.80. The Hall–Kier alpha value is -1.62. The lowest BCUT2D eigenvalue weighted by Gasteiger charge is -2.20. The van der Waals surface area contributed by atoms with Crippen molar-refractivity contribution in [3.63, 3.8) is 0 Å². The molecule has 2 N–H and O–H groups in total. The molecule has 1 unspecified atom stereocenters. The van der Waals surface area contributed by atoms with Crippen molar-refractivity contribution in [2.24, 2.45) is 5.73 Å². The predicted octanol–water partition coefficient (Wildman–Crippen LogP) is 0.363. The van der Waals surface area contributed by atoms with Gasteiger partial charge in [-0.15, -0.1) is 0 Å². The predicted molar refractivity (Wildman–Crippen MR) is 62.4 cm³/mol. The normalized spacial score (nSPS) is 12.0. The summed E-state index contributed by atoms with van der Waals surface area (Å²) in [6.45, 7) is 0.208. The molecule has 1 atom stereocenters. The van der Waals surface area contributed by atoms with Crippen molar-refractivity contribution in [1.82, 2.24) is 4.98 Å². The third-order valence-electron chi connectivity index (χ3n) is 2.34. The van der Waals surface area contributed by atoms with Gasteiger partial charge in [0.25, 0.3) is 0 Å². The molecule has 1 heterocycles. The molecule has 0 spiro atoms. The Balaban J connectivity index is 3.14. The Morgan fingerprint density at radius 1 is 1.62 bits per heavy atom. The van der Waals surface area contributed by atoms with Crippen molar-refractivity contribution in [2.75, 3.05) is 32.6 Å². The molecule has 0 saturated carbocycles. The van der Waals surface area contributed by atoms with Gasteiger partial charge in [-0.2, -0.15) is 0 Å². The van der Waals surface area contributed by atoms with Crippen molar-refractivity contribution in [3.8, 4) is 0 Å². The molecule has 0 saturated heterocycles. The minimum atomic E-state index is -0.462. The van der Waals surface area contributed by atoms with E-state index in [0.29, 0.717) is 0 Å². The number of methoxy groups -OCH3 is 1. The molecule has 88 valence electrons. The van der Waals surface area contributed by atoms with Gasteiger partial charge in [0.15, 0.2) is 0 Å². The number of hydrogen-bond donors (Lipinski definition) is 1. The summed E-state index contributed by atoms with van der Waals surface area (Å²) in [6, 6.07) is 3.63. The molecule has 16 heavy (non-hydrogen) atoms. The van der Waals surface area contributed by atoms with Crippen LogP contribution in [0.5, 0.6) is 0 Å². The maximum Gasteiger partial charge on any atom is 0.314 e. The summed E-state index contributed by atoms with van der Waals surface area (Å²) >= 11 is 0. The average Bonchev–Trinajstić information content (AvgIpc) is 2.30. The minimum Gasteiger partial charge on any atom is -0.469 e. The van der Waals surface area contributed by atoms with Crippen LogP contribution < -0.4 is 10.6 Å². The highest BCUT2D eigenvalue weighted by molar-refractivity contribution is 5.80. The van der Waals surface area contributed by atoms with Gasteiger partial charge in [0, 0.05) is 32.4 Å². The Morgan fingerprint density at radius 3 is 2.81 bits per heavy atom. The maximum atomic E-state index is 11.6. The third kappa shape index (κ3) is 2.49. The second-order valence-corrected chi connectivity index (χ2v) is 3.62. The first-order valence-corrected chi connectivity index (χ1v) is 5.02. The van der Waals surface area contributed by atoms with Crippen LogP contribution in [0.25, 0.3) is 0 Å². The van der Waals surface area contributed by atoms with Gasteiger partial charge in [0.05, 0.1) is 13.0 Å². The second-order valence-electron chi connectivity index (χ2n) is 3.62. The molecule has 0 bridgehead atoms. The van der Waals surface area contributed by atoms with E-state index in [0.717, 1.165) is 11.4 Å². The van der Waals surface area contributed by atoms with E-state index in [-0.39, 0.29) is 12.5 Å². The van der Waals surface area contributed by atoms with Crippen LogP contribution in [0.4, 0.5) is 5.82 Å². The smallest absolute Gasteiger partial charge is 0.314 e. The van der Waals surface area contributed by atoms with Crippen molar-refractivity contribution in [1.29, 1.82) is 0 Å². The van der Waals surface area contributed by atoms with Gasteiger partial charge < -0.3 is 15.4 Å². The first-order chi connectivity index (χ1) is 7.61. The van der Waals surface area contributed by atoms with Gasteiger partial charge in [0.2, 0.25) is 0 Å². The van der Waals surface area contributed by atoms with Crippen molar-refractivity contribution in [2.45, 2.75) is 5.92 Å². The molecule has 1 aromatic rings. The fourth-order valence-electron chi connectivity index (χ4n) is 1.55. The largest absolute Gasteiger partial charge is 0.469 e. The number of pyridine rings is 1. The Kier molecular flexibility index (Phi) is 4.25. The Bertz CT molecular complexity index is 366. The van der Waals surface area contributed by atoms with E-state index < -0.39 is 5.92 Å². The van der Waals surface area contributed by atoms with Gasteiger partial charge >= 0.3 is 5.97 Å². The number of anilines is 1. The molecule has 5 nitrogen and oxygen atoms in total. The van der Waals surface area contributed by atoms with E-state index in [1.54, 1.807) is 12.3 Å². The summed E-state index contributed by atoms with van der Waals surface area (Å²) in [5, 5.41) is 0. The Morgan fingerprint density at radius 2 is 2.31 bits per heavy atom. The highest BCUT2D eigenvalue weighted by Crippen LogP contribution is 2.24. The van der Waals surface area contributed by atoms with Crippen molar-refractivity contribution in [3.05, 3.63) is 23.9 Å². The number of rotatable bonds is 4. The number of nitrogens with zero attached hydrogens (tertiary/aromatic N) is 2. The fraction of sp³-hybridized carbons (Fsp3) is 0.455. The molecule has 1 rings (SSSR count). The van der Waals surface area contributed by atoms with Crippen molar-refractivity contribution < 1.29 is 9.53 Å². The monoisotopic (exact) mass is 223 g/mol. The average molecular weight is 223 g/mol. The number of hydrogen-bond acceptors (Lipinski definition) is 5. The first kappa shape index (κ1) is 12.4. The molecular weight excluding hydrogens is 206 g/mol. The standard InChI is InChI=1S/C11H17N3O2/c1-14(2)10-8(5-4-6-13-10)9(7-12)11(15)16-3/h4-6,9H,7,12H2,1-3H3. The summed E-state index contributed by atoms with van der Waals surface area (Å²) in [7, 11) is 5.10. The van der Waals surface area contributed by atoms with Crippen LogP contribution in [0.1, 0.15) is 11.5 Å². The van der Waals surface area contributed by atoms with E-state index >= 15 is 0 Å². The van der Waals surface area contributed by atoms with Crippen LogP contribution in [0.15, 0.2) is 18.3 Å². The van der Waals surface area contributed by atoms with E-state index in [2.05, 4.69) is 4.98 Å². The van der Waals surface area contributed by atoms with Gasteiger partial charge in [-0.1, -0.05) is 6.07 Å². The van der Waals surface area contributed by atoms with Crippen LogP contribution >= 0.6 is 0 Å². The molecule has 0 aliphatic rings. The molecule has 0 aromatic carbocycles. The third-order valence-corrected chi connectivity index (χ3v) is 2.34. The van der Waals surface area contributed by atoms with Gasteiger partial charge in [-0.05, 0) is 6.07 Å². The number of nitrogens with two attached hydrogens (primary N) is 1. The van der Waals surface area contributed by atoms with Crippen molar-refractivity contribution >= 4 is 11.8 Å². The van der Waals surface area contributed by atoms with Crippen LogP contribution in [0.3, 0.4) is 0 Å². The molecule has 0 aliphatic carbocycles. The number of carbonyl (C=O) groups is 1. The zero-order valence-electron chi connectivity index (χ0n) is 9.80. The summed E-state index contributed by atoms with van der Waals surface area (Å²) in [4.78, 5) is 17.6. The number of carbonyl (C=O) groups excluding carboxylic acids is 1. The SMILES string of the molecule is COC(=O)C(CN)c1cccnc1N(C)C. The van der Waals surface area contributed by atoms with Crippen LogP contribution in [0, 0.1) is 0 Å². The quantitative estimate of drug-likeness (QED) is 0.746. The van der Waals surface area contributed by atoms with E-state index in [1.807, 2.05) is 25.1 Å². The topological polar surface area (TPSA) is 68.5 Å². The van der Waals surface area contributed by atoms with E-state index in [1.165, 1.54) is 7.11 Å². The summed E-state index contributed by atoms with van der Waals surface area (Å²) in [6.07, 6.45) is 1.68. The molecule has 0 aliphatic heterocycles. The minimum absolute atomic E-state index is 0.208. The molecule has 5 heteroatoms. The second kappa shape index (κ2) is 5.46. The molecule has 0 amide bonds. The first-order valence-electron chi connectivity index (χ1n) is 5.02. The molecule has 0 radical (unpaired) electrons. The molecular formula is C11H17N3O2. The van der Waals surface area contributed by atoms with Crippen LogP contribution in [-0.2, 0) is 9.53 Å². The lowest BCUT2D eigenvalue weighted by atomic mass is 10.00. The fourth-order valence-corrected chi connectivity index (χ4v) is 1.55. The lowest BCUT2D eigenvalue weighted by molar-refractivity contribution is -0.142. The summed E-state index contributed by atoms with van der Waals surface area (Å²) in [5.74, 6) is -0.0574. The maximum absolute atomic E-state index is 11.6. The zero-order chi connectivity index (χ0) is 12.1. The number of aromatic nitrogens is 1. The van der Waals surface area contributed by atoms with Gasteiger partial charge in [-0.3, -0.25) is 4.79 Å². The number of esters is 1. The molecule has 1 aromatic heterocycles. The highest BCUT2D eigenvalue weighted by atomic mass is 16.5. The summed E-state index contributed by atoms with van der Waals surface area (Å²) < 4.78 is 4.73.